The van der Waals surface area contributed by atoms with Gasteiger partial charge in [0.15, 0.2) is 5.96 Å². The summed E-state index contributed by atoms with van der Waals surface area (Å²) in [7, 11) is 0. The Morgan fingerprint density at radius 2 is 2.17 bits per heavy atom. The number of aliphatic imine (C=N–C) groups is 1. The maximum Gasteiger partial charge on any atom is 0.191 e. The van der Waals surface area contributed by atoms with Crippen LogP contribution >= 0.6 is 11.8 Å². The van der Waals surface area contributed by atoms with Gasteiger partial charge in [-0.3, -0.25) is 0 Å². The van der Waals surface area contributed by atoms with Gasteiger partial charge in [0, 0.05) is 24.4 Å². The first kappa shape index (κ1) is 18.0. The summed E-state index contributed by atoms with van der Waals surface area (Å²) in [4.78, 5) is 4.69. The second-order valence-electron chi connectivity index (χ2n) is 5.98. The molecule has 1 aromatic rings. The Balaban J connectivity index is 1.98. The summed E-state index contributed by atoms with van der Waals surface area (Å²) in [5, 5.41) is 6.65. The zero-order valence-electron chi connectivity index (χ0n) is 14.5. The van der Waals surface area contributed by atoms with Crippen LogP contribution in [0.4, 0.5) is 0 Å². The molecule has 23 heavy (non-hydrogen) atoms. The highest BCUT2D eigenvalue weighted by Crippen LogP contribution is 2.30. The minimum absolute atomic E-state index is 0.634. The van der Waals surface area contributed by atoms with Crippen LogP contribution in [0, 0.1) is 12.8 Å². The van der Waals surface area contributed by atoms with Gasteiger partial charge in [0.05, 0.1) is 13.2 Å². The standard InChI is InChI=1S/C18H29N3OS/c1-4-19-18(20-9-10-23-3)21-12-16-8-5-14(2)11-17(16)22-13-15-6-7-15/h5,8,11,15H,4,6-7,9-10,12-13H2,1-3H3,(H2,19,20,21). The molecule has 0 heterocycles. The first-order valence-electron chi connectivity index (χ1n) is 8.46. The molecule has 0 radical (unpaired) electrons. The van der Waals surface area contributed by atoms with Gasteiger partial charge in [-0.1, -0.05) is 12.1 Å². The first-order valence-corrected chi connectivity index (χ1v) is 9.85. The fourth-order valence-corrected chi connectivity index (χ4v) is 2.50. The van der Waals surface area contributed by atoms with E-state index in [1.807, 2.05) is 11.8 Å². The van der Waals surface area contributed by atoms with E-state index in [-0.39, 0.29) is 0 Å². The van der Waals surface area contributed by atoms with Crippen LogP contribution < -0.4 is 15.4 Å². The number of nitrogens with one attached hydrogen (secondary N) is 2. The maximum absolute atomic E-state index is 6.02. The van der Waals surface area contributed by atoms with Crippen LogP contribution in [0.3, 0.4) is 0 Å². The van der Waals surface area contributed by atoms with Gasteiger partial charge in [-0.15, -0.1) is 0 Å². The van der Waals surface area contributed by atoms with Crippen LogP contribution in [0.15, 0.2) is 23.2 Å². The molecular weight excluding hydrogens is 306 g/mol. The fourth-order valence-electron chi connectivity index (χ4n) is 2.20. The highest BCUT2D eigenvalue weighted by atomic mass is 32.2. The average Bonchev–Trinajstić information content (AvgIpc) is 3.36. The number of thioether (sulfide) groups is 1. The molecule has 5 heteroatoms. The van der Waals surface area contributed by atoms with Crippen molar-refractivity contribution in [1.29, 1.82) is 0 Å². The van der Waals surface area contributed by atoms with E-state index in [0.29, 0.717) is 6.54 Å². The lowest BCUT2D eigenvalue weighted by molar-refractivity contribution is 0.296. The second kappa shape index (κ2) is 9.71. The van der Waals surface area contributed by atoms with E-state index in [4.69, 9.17) is 9.73 Å². The number of hydrogen-bond acceptors (Lipinski definition) is 3. The predicted molar refractivity (Wildman–Crippen MR) is 101 cm³/mol. The molecule has 4 nitrogen and oxygen atoms in total. The van der Waals surface area contributed by atoms with Gasteiger partial charge in [0.1, 0.15) is 5.75 Å². The fraction of sp³-hybridized carbons (Fsp3) is 0.611. The van der Waals surface area contributed by atoms with Crippen molar-refractivity contribution in [3.63, 3.8) is 0 Å². The Kier molecular flexibility index (Phi) is 7.59. The molecule has 0 bridgehead atoms. The Labute approximate surface area is 144 Å². The van der Waals surface area contributed by atoms with Gasteiger partial charge in [-0.25, -0.2) is 4.99 Å². The number of rotatable bonds is 9. The van der Waals surface area contributed by atoms with E-state index < -0.39 is 0 Å². The van der Waals surface area contributed by atoms with Crippen molar-refractivity contribution in [1.82, 2.24) is 10.6 Å². The van der Waals surface area contributed by atoms with Crippen LogP contribution in [-0.2, 0) is 6.54 Å². The molecular formula is C18H29N3OS. The molecule has 1 aromatic carbocycles. The van der Waals surface area contributed by atoms with Crippen LogP contribution in [0.2, 0.25) is 0 Å². The lowest BCUT2D eigenvalue weighted by Crippen LogP contribution is -2.38. The summed E-state index contributed by atoms with van der Waals surface area (Å²) in [5.74, 6) is 3.69. The third-order valence-corrected chi connectivity index (χ3v) is 4.36. The summed E-state index contributed by atoms with van der Waals surface area (Å²) >= 11 is 1.83. The zero-order chi connectivity index (χ0) is 16.5. The van der Waals surface area contributed by atoms with Crippen LogP contribution in [0.1, 0.15) is 30.9 Å². The SMILES string of the molecule is CCNC(=NCc1ccc(C)cc1OCC1CC1)NCCSC. The molecule has 0 amide bonds. The van der Waals surface area contributed by atoms with Gasteiger partial charge in [0.2, 0.25) is 0 Å². The van der Waals surface area contributed by atoms with Gasteiger partial charge in [-0.2, -0.15) is 11.8 Å². The Hall–Kier alpha value is -1.36. The van der Waals surface area contributed by atoms with Gasteiger partial charge >= 0.3 is 0 Å². The number of hydrogen-bond donors (Lipinski definition) is 2. The third kappa shape index (κ3) is 6.73. The minimum atomic E-state index is 0.634. The maximum atomic E-state index is 6.02. The Bertz CT molecular complexity index is 515. The van der Waals surface area contributed by atoms with Crippen LogP contribution in [0.5, 0.6) is 5.75 Å². The quantitative estimate of drug-likeness (QED) is 0.413. The molecule has 1 fully saturated rings. The van der Waals surface area contributed by atoms with Gasteiger partial charge < -0.3 is 15.4 Å². The van der Waals surface area contributed by atoms with Crippen LogP contribution in [-0.4, -0.2) is 37.7 Å². The number of ether oxygens (including phenoxy) is 1. The highest BCUT2D eigenvalue weighted by Gasteiger charge is 2.22. The summed E-state index contributed by atoms with van der Waals surface area (Å²) in [6.45, 7) is 7.45. The van der Waals surface area contributed by atoms with Crippen molar-refractivity contribution in [2.45, 2.75) is 33.2 Å². The van der Waals surface area contributed by atoms with Gasteiger partial charge in [-0.05, 0) is 50.5 Å². The molecule has 2 rings (SSSR count). The summed E-state index contributed by atoms with van der Waals surface area (Å²) in [6, 6.07) is 6.39. The van der Waals surface area contributed by atoms with Gasteiger partial charge in [0.25, 0.3) is 0 Å². The molecule has 1 aliphatic rings. The van der Waals surface area contributed by atoms with E-state index in [9.17, 15) is 0 Å². The molecule has 1 aliphatic carbocycles. The normalized spacial score (nSPS) is 14.7. The highest BCUT2D eigenvalue weighted by molar-refractivity contribution is 7.98. The Morgan fingerprint density at radius 3 is 2.87 bits per heavy atom. The molecule has 0 unspecified atom stereocenters. The molecule has 128 valence electrons. The third-order valence-electron chi connectivity index (χ3n) is 3.74. The largest absolute Gasteiger partial charge is 0.493 e. The summed E-state index contributed by atoms with van der Waals surface area (Å²) < 4.78 is 6.02. The zero-order valence-corrected chi connectivity index (χ0v) is 15.3. The number of benzene rings is 1. The molecule has 2 N–H and O–H groups in total. The lowest BCUT2D eigenvalue weighted by Gasteiger charge is -2.13. The van der Waals surface area contributed by atoms with E-state index >= 15 is 0 Å². The van der Waals surface area contributed by atoms with Crippen molar-refractivity contribution < 1.29 is 4.74 Å². The van der Waals surface area contributed by atoms with Crippen molar-refractivity contribution in [2.75, 3.05) is 31.7 Å². The molecule has 0 aromatic heterocycles. The first-order chi connectivity index (χ1) is 11.2. The monoisotopic (exact) mass is 335 g/mol. The van der Waals surface area contributed by atoms with Crippen molar-refractivity contribution >= 4 is 17.7 Å². The van der Waals surface area contributed by atoms with Crippen LogP contribution in [0.25, 0.3) is 0 Å². The number of aryl methyl sites for hydroxylation is 1. The van der Waals surface area contributed by atoms with E-state index in [1.165, 1.54) is 18.4 Å². The molecule has 1 saturated carbocycles. The lowest BCUT2D eigenvalue weighted by atomic mass is 10.1. The van der Waals surface area contributed by atoms with Crippen molar-refractivity contribution in [3.05, 3.63) is 29.3 Å². The average molecular weight is 336 g/mol. The Morgan fingerprint density at radius 1 is 1.35 bits per heavy atom. The smallest absolute Gasteiger partial charge is 0.191 e. The van der Waals surface area contributed by atoms with E-state index in [1.54, 1.807) is 0 Å². The molecule has 0 spiro atoms. The molecule has 0 aliphatic heterocycles. The van der Waals surface area contributed by atoms with Crippen molar-refractivity contribution in [3.8, 4) is 5.75 Å². The molecule has 0 saturated heterocycles. The van der Waals surface area contributed by atoms with E-state index in [2.05, 4.69) is 48.9 Å². The van der Waals surface area contributed by atoms with Crippen molar-refractivity contribution in [2.24, 2.45) is 10.9 Å². The number of guanidine groups is 1. The summed E-state index contributed by atoms with van der Waals surface area (Å²) in [5.41, 5.74) is 2.38. The van der Waals surface area contributed by atoms with E-state index in [0.717, 1.165) is 48.6 Å². The topological polar surface area (TPSA) is 45.7 Å². The second-order valence-corrected chi connectivity index (χ2v) is 6.97. The summed E-state index contributed by atoms with van der Waals surface area (Å²) in [6.07, 6.45) is 4.73. The minimum Gasteiger partial charge on any atom is -0.493 e. The predicted octanol–water partition coefficient (Wildman–Crippen LogP) is 3.20. The number of nitrogens with zero attached hydrogens (tertiary/aromatic N) is 1. The molecule has 0 atom stereocenters.